The van der Waals surface area contributed by atoms with Crippen molar-refractivity contribution in [2.75, 3.05) is 0 Å². The van der Waals surface area contributed by atoms with Crippen molar-refractivity contribution in [1.82, 2.24) is 5.32 Å². The van der Waals surface area contributed by atoms with Gasteiger partial charge in [-0.1, -0.05) is 67.2 Å². The highest BCUT2D eigenvalue weighted by molar-refractivity contribution is 5.91. The average Bonchev–Trinajstić information content (AvgIpc) is 2.60. The standard InChI is InChI=1S/C19H19NO3/c1-2-18(21)20-17(13-15-9-5-3-6-10-15)19(22)23-14-16-11-7-4-8-12-16/h2-12,17H,1,13-14H2,(H,20,21)/t17-/m0/s1. The van der Waals surface area contributed by atoms with E-state index in [9.17, 15) is 9.59 Å². The molecule has 2 aromatic rings. The minimum absolute atomic E-state index is 0.176. The maximum absolute atomic E-state index is 12.3. The van der Waals surface area contributed by atoms with Gasteiger partial charge in [-0.3, -0.25) is 4.79 Å². The van der Waals surface area contributed by atoms with Crippen LogP contribution in [0, 0.1) is 0 Å². The van der Waals surface area contributed by atoms with Crippen LogP contribution in [0.2, 0.25) is 0 Å². The van der Waals surface area contributed by atoms with Gasteiger partial charge in [-0.2, -0.15) is 0 Å². The molecule has 2 rings (SSSR count). The predicted molar refractivity (Wildman–Crippen MR) is 88.5 cm³/mol. The summed E-state index contributed by atoms with van der Waals surface area (Å²) < 4.78 is 5.32. The maximum Gasteiger partial charge on any atom is 0.329 e. The molecule has 0 aliphatic heterocycles. The van der Waals surface area contributed by atoms with Crippen LogP contribution in [0.25, 0.3) is 0 Å². The normalized spacial score (nSPS) is 11.3. The van der Waals surface area contributed by atoms with Crippen LogP contribution in [-0.2, 0) is 27.4 Å². The Hall–Kier alpha value is -2.88. The fourth-order valence-electron chi connectivity index (χ4n) is 2.10. The quantitative estimate of drug-likeness (QED) is 0.632. The van der Waals surface area contributed by atoms with Crippen LogP contribution in [0.4, 0.5) is 0 Å². The lowest BCUT2D eigenvalue weighted by Gasteiger charge is -2.17. The number of hydrogen-bond donors (Lipinski definition) is 1. The Labute approximate surface area is 135 Å². The van der Waals surface area contributed by atoms with E-state index < -0.39 is 17.9 Å². The summed E-state index contributed by atoms with van der Waals surface area (Å²) in [6.07, 6.45) is 1.51. The molecule has 118 valence electrons. The number of carbonyl (C=O) groups excluding carboxylic acids is 2. The first-order valence-electron chi connectivity index (χ1n) is 7.36. The SMILES string of the molecule is C=CC(=O)N[C@@H](Cc1ccccc1)C(=O)OCc1ccccc1. The van der Waals surface area contributed by atoms with Crippen molar-refractivity contribution in [2.24, 2.45) is 0 Å². The zero-order chi connectivity index (χ0) is 16.5. The molecule has 0 bridgehead atoms. The van der Waals surface area contributed by atoms with Gasteiger partial charge in [-0.15, -0.1) is 0 Å². The van der Waals surface area contributed by atoms with Gasteiger partial charge in [-0.25, -0.2) is 4.79 Å². The first-order chi connectivity index (χ1) is 11.2. The number of carbonyl (C=O) groups is 2. The second-order valence-electron chi connectivity index (χ2n) is 5.05. The summed E-state index contributed by atoms with van der Waals surface area (Å²) in [4.78, 5) is 23.9. The molecular weight excluding hydrogens is 290 g/mol. The average molecular weight is 309 g/mol. The van der Waals surface area contributed by atoms with Gasteiger partial charge in [0.2, 0.25) is 5.91 Å². The lowest BCUT2D eigenvalue weighted by atomic mass is 10.1. The summed E-state index contributed by atoms with van der Waals surface area (Å²) in [7, 11) is 0. The number of rotatable bonds is 7. The molecule has 1 amide bonds. The zero-order valence-electron chi connectivity index (χ0n) is 12.8. The van der Waals surface area contributed by atoms with Gasteiger partial charge < -0.3 is 10.1 Å². The third-order valence-electron chi connectivity index (χ3n) is 3.29. The van der Waals surface area contributed by atoms with Gasteiger partial charge >= 0.3 is 5.97 Å². The monoisotopic (exact) mass is 309 g/mol. The van der Waals surface area contributed by atoms with E-state index in [1.165, 1.54) is 0 Å². The molecular formula is C19H19NO3. The Morgan fingerprint density at radius 2 is 1.57 bits per heavy atom. The van der Waals surface area contributed by atoms with Gasteiger partial charge in [-0.05, 0) is 17.2 Å². The summed E-state index contributed by atoms with van der Waals surface area (Å²) in [6.45, 7) is 3.58. The number of hydrogen-bond acceptors (Lipinski definition) is 3. The number of ether oxygens (including phenoxy) is 1. The van der Waals surface area contributed by atoms with Gasteiger partial charge in [0.15, 0.2) is 0 Å². The third-order valence-corrected chi connectivity index (χ3v) is 3.29. The van der Waals surface area contributed by atoms with Crippen LogP contribution >= 0.6 is 0 Å². The fraction of sp³-hybridized carbons (Fsp3) is 0.158. The number of nitrogens with one attached hydrogen (secondary N) is 1. The minimum atomic E-state index is -0.744. The van der Waals surface area contributed by atoms with E-state index in [1.54, 1.807) is 0 Å². The summed E-state index contributed by atoms with van der Waals surface area (Å²) in [6, 6.07) is 18.1. The summed E-state index contributed by atoms with van der Waals surface area (Å²) in [5, 5.41) is 2.62. The molecule has 0 aromatic heterocycles. The molecule has 0 spiro atoms. The lowest BCUT2D eigenvalue weighted by molar-refractivity contribution is -0.148. The Morgan fingerprint density at radius 1 is 1.00 bits per heavy atom. The third kappa shape index (κ3) is 5.43. The van der Waals surface area contributed by atoms with Gasteiger partial charge in [0.1, 0.15) is 12.6 Å². The smallest absolute Gasteiger partial charge is 0.329 e. The van der Waals surface area contributed by atoms with Crippen LogP contribution in [0.5, 0.6) is 0 Å². The van der Waals surface area contributed by atoms with E-state index in [2.05, 4.69) is 11.9 Å². The predicted octanol–water partition coefficient (Wildman–Crippen LogP) is 2.64. The summed E-state index contributed by atoms with van der Waals surface area (Å²) >= 11 is 0. The van der Waals surface area contributed by atoms with Crippen LogP contribution in [0.3, 0.4) is 0 Å². The van der Waals surface area contributed by atoms with E-state index in [-0.39, 0.29) is 6.61 Å². The minimum Gasteiger partial charge on any atom is -0.459 e. The topological polar surface area (TPSA) is 55.4 Å². The van der Waals surface area contributed by atoms with Crippen molar-refractivity contribution >= 4 is 11.9 Å². The summed E-state index contributed by atoms with van der Waals surface area (Å²) in [5.41, 5.74) is 1.84. The molecule has 23 heavy (non-hydrogen) atoms. The molecule has 0 aliphatic rings. The molecule has 0 radical (unpaired) electrons. The number of esters is 1. The van der Waals surface area contributed by atoms with E-state index >= 15 is 0 Å². The van der Waals surface area contributed by atoms with Gasteiger partial charge in [0.05, 0.1) is 0 Å². The largest absolute Gasteiger partial charge is 0.459 e. The Kier molecular flexibility index (Phi) is 6.12. The Balaban J connectivity index is 2.01. The molecule has 0 unspecified atom stereocenters. The van der Waals surface area contributed by atoms with Crippen molar-refractivity contribution in [3.05, 3.63) is 84.4 Å². The van der Waals surface area contributed by atoms with E-state index in [1.807, 2.05) is 60.7 Å². The van der Waals surface area contributed by atoms with E-state index in [0.29, 0.717) is 6.42 Å². The van der Waals surface area contributed by atoms with Crippen LogP contribution in [0.1, 0.15) is 11.1 Å². The lowest BCUT2D eigenvalue weighted by Crippen LogP contribution is -2.42. The molecule has 4 nitrogen and oxygen atoms in total. The van der Waals surface area contributed by atoms with Crippen molar-refractivity contribution in [3.8, 4) is 0 Å². The highest BCUT2D eigenvalue weighted by Crippen LogP contribution is 2.07. The van der Waals surface area contributed by atoms with E-state index in [4.69, 9.17) is 4.74 Å². The molecule has 0 fully saturated rings. The molecule has 4 heteroatoms. The Bertz CT molecular complexity index is 653. The molecule has 0 heterocycles. The number of benzene rings is 2. The summed E-state index contributed by atoms with van der Waals surface area (Å²) in [5.74, 6) is -0.865. The van der Waals surface area contributed by atoms with E-state index in [0.717, 1.165) is 17.2 Å². The van der Waals surface area contributed by atoms with Crippen molar-refractivity contribution in [2.45, 2.75) is 19.1 Å². The zero-order valence-corrected chi connectivity index (χ0v) is 12.8. The fourth-order valence-corrected chi connectivity index (χ4v) is 2.10. The molecule has 0 saturated carbocycles. The first-order valence-corrected chi connectivity index (χ1v) is 7.36. The van der Waals surface area contributed by atoms with Crippen LogP contribution in [0.15, 0.2) is 73.3 Å². The Morgan fingerprint density at radius 3 is 2.13 bits per heavy atom. The molecule has 0 saturated heterocycles. The second-order valence-corrected chi connectivity index (χ2v) is 5.05. The molecule has 1 atom stereocenters. The van der Waals surface area contributed by atoms with Crippen LogP contribution in [-0.4, -0.2) is 17.9 Å². The molecule has 2 aromatic carbocycles. The van der Waals surface area contributed by atoms with Crippen LogP contribution < -0.4 is 5.32 Å². The van der Waals surface area contributed by atoms with Crippen molar-refractivity contribution in [1.29, 1.82) is 0 Å². The number of amides is 1. The second kappa shape index (κ2) is 8.54. The highest BCUT2D eigenvalue weighted by atomic mass is 16.5. The van der Waals surface area contributed by atoms with Crippen molar-refractivity contribution < 1.29 is 14.3 Å². The van der Waals surface area contributed by atoms with Crippen molar-refractivity contribution in [3.63, 3.8) is 0 Å². The highest BCUT2D eigenvalue weighted by Gasteiger charge is 2.22. The maximum atomic E-state index is 12.3. The molecule has 0 aliphatic carbocycles. The van der Waals surface area contributed by atoms with Gasteiger partial charge in [0, 0.05) is 6.42 Å². The molecule has 1 N–H and O–H groups in total. The van der Waals surface area contributed by atoms with Gasteiger partial charge in [0.25, 0.3) is 0 Å². The first kappa shape index (κ1) is 16.5.